The molecule has 4 rings (SSSR count). The predicted octanol–water partition coefficient (Wildman–Crippen LogP) is 3.01. The number of benzene rings is 1. The summed E-state index contributed by atoms with van der Waals surface area (Å²) in [7, 11) is 0. The largest absolute Gasteiger partial charge is 0.465 e. The van der Waals surface area contributed by atoms with Crippen LogP contribution >= 0.6 is 11.3 Å². The molecule has 8 heteroatoms. The van der Waals surface area contributed by atoms with Gasteiger partial charge >= 0.3 is 0 Å². The number of hydrogen-bond acceptors (Lipinski definition) is 8. The van der Waals surface area contributed by atoms with E-state index in [1.807, 2.05) is 18.3 Å². The van der Waals surface area contributed by atoms with Gasteiger partial charge in [-0.05, 0) is 25.1 Å². The molecule has 0 radical (unpaired) electrons. The van der Waals surface area contributed by atoms with Crippen molar-refractivity contribution in [3.8, 4) is 5.75 Å². The van der Waals surface area contributed by atoms with Crippen molar-refractivity contribution in [3.05, 3.63) is 35.2 Å². The highest BCUT2D eigenvalue weighted by Crippen LogP contribution is 2.26. The van der Waals surface area contributed by atoms with Gasteiger partial charge in [-0.1, -0.05) is 11.3 Å². The Morgan fingerprint density at radius 1 is 1.31 bits per heavy atom. The van der Waals surface area contributed by atoms with Crippen molar-refractivity contribution in [1.29, 1.82) is 0 Å². The molecule has 1 N–H and O–H groups in total. The molecule has 0 amide bonds. The third kappa shape index (κ3) is 3.87. The fraction of sp³-hybridized carbons (Fsp3) is 0.333. The summed E-state index contributed by atoms with van der Waals surface area (Å²) in [6, 6.07) is 5.27. The molecule has 1 saturated heterocycles. The minimum Gasteiger partial charge on any atom is -0.465 e. The topological polar surface area (TPSA) is 80.9 Å². The normalized spacial score (nSPS) is 16.5. The molecule has 7 nitrogen and oxygen atoms in total. The minimum absolute atomic E-state index is 0.510. The molecule has 1 aliphatic heterocycles. The number of oxazole rings is 1. The second-order valence-electron chi connectivity index (χ2n) is 5.88. The summed E-state index contributed by atoms with van der Waals surface area (Å²) in [5.41, 5.74) is 1.35. The molecule has 3 aromatic rings. The average Bonchev–Trinajstić information content (AvgIpc) is 3.26. The molecule has 136 valence electrons. The van der Waals surface area contributed by atoms with Crippen LogP contribution < -0.4 is 9.64 Å². The van der Waals surface area contributed by atoms with Crippen molar-refractivity contribution in [1.82, 2.24) is 9.97 Å². The molecule has 1 atom stereocenters. The molecule has 0 bridgehead atoms. The van der Waals surface area contributed by atoms with Gasteiger partial charge in [0.2, 0.25) is 5.89 Å². The van der Waals surface area contributed by atoms with E-state index in [2.05, 4.69) is 14.9 Å². The van der Waals surface area contributed by atoms with E-state index in [4.69, 9.17) is 13.9 Å². The van der Waals surface area contributed by atoms with E-state index in [0.717, 1.165) is 41.8 Å². The predicted molar refractivity (Wildman–Crippen MR) is 100 cm³/mol. The molecule has 0 aliphatic carbocycles. The van der Waals surface area contributed by atoms with Crippen molar-refractivity contribution in [2.75, 3.05) is 31.2 Å². The van der Waals surface area contributed by atoms with Crippen molar-refractivity contribution < 1.29 is 19.0 Å². The van der Waals surface area contributed by atoms with Crippen LogP contribution in [0.25, 0.3) is 23.3 Å². The minimum atomic E-state index is -0.873. The SMILES string of the molecule is CC(O)Oc1ccc2nc(C=Cc3cnc(N4CCOCC4)s3)oc2c1. The second kappa shape index (κ2) is 7.45. The molecule has 26 heavy (non-hydrogen) atoms. The lowest BCUT2D eigenvalue weighted by Crippen LogP contribution is -2.36. The van der Waals surface area contributed by atoms with Crippen molar-refractivity contribution in [2.24, 2.45) is 0 Å². The Labute approximate surface area is 154 Å². The maximum Gasteiger partial charge on any atom is 0.220 e. The van der Waals surface area contributed by atoms with Gasteiger partial charge in [0.25, 0.3) is 0 Å². The van der Waals surface area contributed by atoms with Crippen molar-refractivity contribution >= 4 is 39.7 Å². The lowest BCUT2D eigenvalue weighted by Gasteiger charge is -2.25. The summed E-state index contributed by atoms with van der Waals surface area (Å²) in [5.74, 6) is 1.05. The van der Waals surface area contributed by atoms with Crippen LogP contribution in [-0.2, 0) is 4.74 Å². The Bertz CT molecular complexity index is 912. The highest BCUT2D eigenvalue weighted by molar-refractivity contribution is 7.16. The summed E-state index contributed by atoms with van der Waals surface area (Å²) in [4.78, 5) is 12.2. The third-order valence-electron chi connectivity index (χ3n) is 3.87. The first kappa shape index (κ1) is 17.0. The van der Waals surface area contributed by atoms with Crippen LogP contribution in [0.3, 0.4) is 0 Å². The molecular weight excluding hydrogens is 354 g/mol. The standard InChI is InChI=1S/C18H19N3O4S/c1-12(22)24-13-2-4-15-16(10-13)25-17(20-15)5-3-14-11-19-18(26-14)21-6-8-23-9-7-21/h2-5,10-12,22H,6-9H2,1H3. The molecule has 0 spiro atoms. The zero-order chi connectivity index (χ0) is 17.9. The number of nitrogens with zero attached hydrogens (tertiary/aromatic N) is 3. The van der Waals surface area contributed by atoms with E-state index in [1.54, 1.807) is 36.5 Å². The first-order valence-corrected chi connectivity index (χ1v) is 9.21. The van der Waals surface area contributed by atoms with Gasteiger partial charge in [0, 0.05) is 36.3 Å². The van der Waals surface area contributed by atoms with Crippen LogP contribution in [-0.4, -0.2) is 47.7 Å². The quantitative estimate of drug-likeness (QED) is 0.689. The Morgan fingerprint density at radius 3 is 2.96 bits per heavy atom. The van der Waals surface area contributed by atoms with Crippen molar-refractivity contribution in [3.63, 3.8) is 0 Å². The van der Waals surface area contributed by atoms with Crippen LogP contribution in [0.1, 0.15) is 17.7 Å². The van der Waals surface area contributed by atoms with Gasteiger partial charge in [0.1, 0.15) is 11.3 Å². The molecule has 1 aliphatic rings. The number of aromatic nitrogens is 2. The maximum atomic E-state index is 9.29. The van der Waals surface area contributed by atoms with Crippen LogP contribution in [0.5, 0.6) is 5.75 Å². The highest BCUT2D eigenvalue weighted by atomic mass is 32.1. The summed E-state index contributed by atoms with van der Waals surface area (Å²) in [5, 5.41) is 10.3. The number of aliphatic hydroxyl groups excluding tert-OH is 1. The monoisotopic (exact) mass is 373 g/mol. The number of fused-ring (bicyclic) bond motifs is 1. The first-order valence-electron chi connectivity index (χ1n) is 8.39. The van der Waals surface area contributed by atoms with Gasteiger partial charge in [-0.2, -0.15) is 0 Å². The van der Waals surface area contributed by atoms with Crippen LogP contribution in [0.2, 0.25) is 0 Å². The number of morpholine rings is 1. The number of hydrogen-bond donors (Lipinski definition) is 1. The summed E-state index contributed by atoms with van der Waals surface area (Å²) >= 11 is 1.63. The third-order valence-corrected chi connectivity index (χ3v) is 4.89. The molecule has 1 aromatic carbocycles. The molecule has 3 heterocycles. The zero-order valence-electron chi connectivity index (χ0n) is 14.3. The van der Waals surface area contributed by atoms with Gasteiger partial charge < -0.3 is 23.9 Å². The molecule has 1 fully saturated rings. The van der Waals surface area contributed by atoms with Gasteiger partial charge in [-0.15, -0.1) is 0 Å². The summed E-state index contributed by atoms with van der Waals surface area (Å²) in [6.07, 6.45) is 4.75. The Morgan fingerprint density at radius 2 is 2.15 bits per heavy atom. The van der Waals surface area contributed by atoms with E-state index in [-0.39, 0.29) is 0 Å². The lowest BCUT2D eigenvalue weighted by molar-refractivity contribution is -0.000226. The van der Waals surface area contributed by atoms with Gasteiger partial charge in [0.05, 0.1) is 13.2 Å². The number of anilines is 1. The molecule has 0 saturated carbocycles. The van der Waals surface area contributed by atoms with E-state index >= 15 is 0 Å². The fourth-order valence-corrected chi connectivity index (χ4v) is 3.54. The van der Waals surface area contributed by atoms with Crippen LogP contribution in [0.15, 0.2) is 28.8 Å². The Balaban J connectivity index is 1.48. The van der Waals surface area contributed by atoms with Crippen LogP contribution in [0.4, 0.5) is 5.13 Å². The van der Waals surface area contributed by atoms with E-state index < -0.39 is 6.29 Å². The number of thiazole rings is 1. The zero-order valence-corrected chi connectivity index (χ0v) is 15.1. The molecule has 1 unspecified atom stereocenters. The highest BCUT2D eigenvalue weighted by Gasteiger charge is 2.14. The Kier molecular flexibility index (Phi) is 4.87. The molecular formula is C18H19N3O4S. The summed E-state index contributed by atoms with van der Waals surface area (Å²) in [6.45, 7) is 4.79. The Hall–Kier alpha value is -2.42. The fourth-order valence-electron chi connectivity index (χ4n) is 2.67. The second-order valence-corrected chi connectivity index (χ2v) is 6.92. The van der Waals surface area contributed by atoms with E-state index in [0.29, 0.717) is 17.2 Å². The van der Waals surface area contributed by atoms with E-state index in [9.17, 15) is 5.11 Å². The summed E-state index contributed by atoms with van der Waals surface area (Å²) < 4.78 is 16.4. The number of rotatable bonds is 5. The smallest absolute Gasteiger partial charge is 0.220 e. The first-order chi connectivity index (χ1) is 12.7. The number of ether oxygens (including phenoxy) is 2. The lowest BCUT2D eigenvalue weighted by atomic mass is 10.3. The molecule has 2 aromatic heterocycles. The van der Waals surface area contributed by atoms with Crippen LogP contribution in [0, 0.1) is 0 Å². The maximum absolute atomic E-state index is 9.29. The van der Waals surface area contributed by atoms with Gasteiger partial charge in [0.15, 0.2) is 17.0 Å². The van der Waals surface area contributed by atoms with Crippen molar-refractivity contribution in [2.45, 2.75) is 13.2 Å². The number of aliphatic hydroxyl groups is 1. The van der Waals surface area contributed by atoms with E-state index in [1.165, 1.54) is 0 Å². The average molecular weight is 373 g/mol. The van der Waals surface area contributed by atoms with Gasteiger partial charge in [-0.25, -0.2) is 9.97 Å². The van der Waals surface area contributed by atoms with Gasteiger partial charge in [-0.3, -0.25) is 0 Å².